The SMILES string of the molecule is COc1ccc(OC)c(-n2c(CNC(=O)c3cccc4ccccc34)nnc2SCC(=O)Nc2nnc(C)s2)c1. The third-order valence-corrected chi connectivity index (χ3v) is 7.56. The maximum Gasteiger partial charge on any atom is 0.252 e. The fourth-order valence-electron chi connectivity index (χ4n) is 4.03. The minimum atomic E-state index is -0.265. The van der Waals surface area contributed by atoms with Crippen LogP contribution in [-0.4, -0.2) is 56.7 Å². The summed E-state index contributed by atoms with van der Waals surface area (Å²) in [6.45, 7) is 1.89. The summed E-state index contributed by atoms with van der Waals surface area (Å²) in [5.74, 6) is 1.12. The maximum atomic E-state index is 13.2. The number of carbonyl (C=O) groups is 2. The summed E-state index contributed by atoms with van der Waals surface area (Å²) in [4.78, 5) is 25.8. The number of methoxy groups -OCH3 is 2. The Labute approximate surface area is 237 Å². The molecule has 11 nitrogen and oxygen atoms in total. The Morgan fingerprint density at radius 2 is 1.80 bits per heavy atom. The van der Waals surface area contributed by atoms with Crippen LogP contribution in [0.1, 0.15) is 21.2 Å². The van der Waals surface area contributed by atoms with Crippen molar-refractivity contribution in [3.05, 3.63) is 77.1 Å². The number of nitrogens with zero attached hydrogens (tertiary/aromatic N) is 5. The van der Waals surface area contributed by atoms with Gasteiger partial charge < -0.3 is 14.8 Å². The highest BCUT2D eigenvalue weighted by atomic mass is 32.2. The van der Waals surface area contributed by atoms with Gasteiger partial charge in [0.25, 0.3) is 5.91 Å². The van der Waals surface area contributed by atoms with E-state index in [0.717, 1.165) is 15.8 Å². The molecule has 2 aromatic heterocycles. The quantitative estimate of drug-likeness (QED) is 0.234. The van der Waals surface area contributed by atoms with Crippen LogP contribution >= 0.6 is 23.1 Å². The molecule has 0 aliphatic heterocycles. The second-order valence-corrected chi connectivity index (χ2v) is 10.6. The molecule has 0 unspecified atom stereocenters. The molecule has 0 saturated heterocycles. The third kappa shape index (κ3) is 5.90. The van der Waals surface area contributed by atoms with Crippen LogP contribution in [0.2, 0.25) is 0 Å². The van der Waals surface area contributed by atoms with Gasteiger partial charge in [0.1, 0.15) is 16.5 Å². The number of aryl methyl sites for hydroxylation is 1. The van der Waals surface area contributed by atoms with Crippen LogP contribution in [0.5, 0.6) is 11.5 Å². The largest absolute Gasteiger partial charge is 0.497 e. The Kier molecular flexibility index (Phi) is 8.22. The molecule has 3 aromatic carbocycles. The smallest absolute Gasteiger partial charge is 0.252 e. The molecule has 5 aromatic rings. The summed E-state index contributed by atoms with van der Waals surface area (Å²) in [5, 5.41) is 25.7. The van der Waals surface area contributed by atoms with Gasteiger partial charge >= 0.3 is 0 Å². The van der Waals surface area contributed by atoms with E-state index in [4.69, 9.17) is 9.47 Å². The zero-order valence-corrected chi connectivity index (χ0v) is 23.5. The summed E-state index contributed by atoms with van der Waals surface area (Å²) in [7, 11) is 3.13. The fraction of sp³-hybridized carbons (Fsp3) is 0.185. The predicted octanol–water partition coefficient (Wildman–Crippen LogP) is 4.26. The van der Waals surface area contributed by atoms with E-state index >= 15 is 0 Å². The second kappa shape index (κ2) is 12.1. The maximum absolute atomic E-state index is 13.2. The van der Waals surface area contributed by atoms with E-state index in [0.29, 0.717) is 38.9 Å². The van der Waals surface area contributed by atoms with Crippen LogP contribution in [0.4, 0.5) is 5.13 Å². The van der Waals surface area contributed by atoms with E-state index in [1.165, 1.54) is 23.1 Å². The average molecular weight is 576 g/mol. The summed E-state index contributed by atoms with van der Waals surface area (Å²) in [5.41, 5.74) is 1.16. The van der Waals surface area contributed by atoms with Crippen molar-refractivity contribution in [3.63, 3.8) is 0 Å². The molecule has 0 saturated carbocycles. The lowest BCUT2D eigenvalue weighted by molar-refractivity contribution is -0.113. The highest BCUT2D eigenvalue weighted by Gasteiger charge is 2.21. The van der Waals surface area contributed by atoms with E-state index in [9.17, 15) is 9.59 Å². The Morgan fingerprint density at radius 3 is 2.58 bits per heavy atom. The van der Waals surface area contributed by atoms with E-state index in [2.05, 4.69) is 31.0 Å². The van der Waals surface area contributed by atoms with Crippen molar-refractivity contribution < 1.29 is 19.1 Å². The summed E-state index contributed by atoms with van der Waals surface area (Å²) in [6, 6.07) is 18.6. The van der Waals surface area contributed by atoms with Gasteiger partial charge in [-0.1, -0.05) is 59.5 Å². The number of hydrogen-bond acceptors (Lipinski definition) is 10. The number of ether oxygens (including phenoxy) is 2. The minimum Gasteiger partial charge on any atom is -0.497 e. The zero-order chi connectivity index (χ0) is 28.1. The third-order valence-electron chi connectivity index (χ3n) is 5.87. The van der Waals surface area contributed by atoms with Crippen LogP contribution in [0.25, 0.3) is 16.5 Å². The monoisotopic (exact) mass is 575 g/mol. The second-order valence-electron chi connectivity index (χ2n) is 8.44. The van der Waals surface area contributed by atoms with Gasteiger partial charge in [-0.25, -0.2) is 0 Å². The van der Waals surface area contributed by atoms with Gasteiger partial charge in [0.2, 0.25) is 11.0 Å². The first-order valence-corrected chi connectivity index (χ1v) is 13.9. The van der Waals surface area contributed by atoms with Gasteiger partial charge in [-0.3, -0.25) is 19.5 Å². The standard InChI is InChI=1S/C27H25N7O4S2/c1-16-30-32-26(40-16)29-24(35)15-39-27-33-31-23(34(27)21-13-18(37-2)11-12-22(21)38-3)14-28-25(36)20-10-6-8-17-7-4-5-9-19(17)20/h4-13H,14-15H2,1-3H3,(H,28,36)(H,29,32,35). The number of hydrogen-bond donors (Lipinski definition) is 2. The van der Waals surface area contributed by atoms with Crippen molar-refractivity contribution in [3.8, 4) is 17.2 Å². The number of amides is 2. The van der Waals surface area contributed by atoms with E-state index in [1.807, 2.05) is 43.3 Å². The Hall–Kier alpha value is -4.49. The van der Waals surface area contributed by atoms with Crippen LogP contribution in [0.3, 0.4) is 0 Å². The molecule has 0 bridgehead atoms. The molecule has 5 rings (SSSR count). The number of benzene rings is 3. The summed E-state index contributed by atoms with van der Waals surface area (Å²) in [6.07, 6.45) is 0. The molecule has 2 N–H and O–H groups in total. The van der Waals surface area contributed by atoms with E-state index < -0.39 is 0 Å². The lowest BCUT2D eigenvalue weighted by Gasteiger charge is -2.15. The van der Waals surface area contributed by atoms with Gasteiger partial charge in [-0.05, 0) is 35.9 Å². The van der Waals surface area contributed by atoms with Gasteiger partial charge in [-0.2, -0.15) is 0 Å². The van der Waals surface area contributed by atoms with Gasteiger partial charge in [0.15, 0.2) is 11.0 Å². The van der Waals surface area contributed by atoms with Crippen molar-refractivity contribution in [2.45, 2.75) is 18.6 Å². The normalized spacial score (nSPS) is 10.9. The molecule has 0 aliphatic carbocycles. The van der Waals surface area contributed by atoms with Crippen molar-refractivity contribution >= 4 is 50.8 Å². The number of anilines is 1. The van der Waals surface area contributed by atoms with Crippen molar-refractivity contribution in [1.82, 2.24) is 30.3 Å². The van der Waals surface area contributed by atoms with E-state index in [1.54, 1.807) is 43.1 Å². The Morgan fingerprint density at radius 1 is 0.975 bits per heavy atom. The fourth-order valence-corrected chi connectivity index (χ4v) is 5.40. The topological polar surface area (TPSA) is 133 Å². The van der Waals surface area contributed by atoms with Gasteiger partial charge in [0.05, 0.1) is 32.2 Å². The lowest BCUT2D eigenvalue weighted by atomic mass is 10.0. The van der Waals surface area contributed by atoms with Crippen LogP contribution in [-0.2, 0) is 11.3 Å². The molecule has 0 radical (unpaired) electrons. The first-order chi connectivity index (χ1) is 19.5. The first kappa shape index (κ1) is 27.1. The van der Waals surface area contributed by atoms with Gasteiger partial charge in [0, 0.05) is 11.6 Å². The van der Waals surface area contributed by atoms with Crippen molar-refractivity contribution in [2.24, 2.45) is 0 Å². The zero-order valence-electron chi connectivity index (χ0n) is 21.9. The van der Waals surface area contributed by atoms with Gasteiger partial charge in [-0.15, -0.1) is 20.4 Å². The average Bonchev–Trinajstić information content (AvgIpc) is 3.59. The van der Waals surface area contributed by atoms with E-state index in [-0.39, 0.29) is 24.1 Å². The van der Waals surface area contributed by atoms with Crippen LogP contribution in [0, 0.1) is 6.92 Å². The molecule has 204 valence electrons. The molecule has 0 spiro atoms. The lowest BCUT2D eigenvalue weighted by Crippen LogP contribution is -2.25. The first-order valence-electron chi connectivity index (χ1n) is 12.1. The summed E-state index contributed by atoms with van der Waals surface area (Å²) < 4.78 is 12.8. The molecule has 0 fully saturated rings. The highest BCUT2D eigenvalue weighted by Crippen LogP contribution is 2.32. The Balaban J connectivity index is 1.42. The molecule has 2 heterocycles. The highest BCUT2D eigenvalue weighted by molar-refractivity contribution is 7.99. The molecular formula is C27H25N7O4S2. The number of fused-ring (bicyclic) bond motifs is 1. The number of carbonyl (C=O) groups excluding carboxylic acids is 2. The number of aromatic nitrogens is 5. The minimum absolute atomic E-state index is 0.0470. The van der Waals surface area contributed by atoms with Crippen LogP contribution < -0.4 is 20.1 Å². The summed E-state index contributed by atoms with van der Waals surface area (Å²) >= 11 is 2.48. The van der Waals surface area contributed by atoms with Crippen molar-refractivity contribution in [2.75, 3.05) is 25.3 Å². The number of thioether (sulfide) groups is 1. The van der Waals surface area contributed by atoms with Crippen molar-refractivity contribution in [1.29, 1.82) is 0 Å². The molecular weight excluding hydrogens is 550 g/mol. The predicted molar refractivity (Wildman–Crippen MR) is 154 cm³/mol. The number of nitrogens with one attached hydrogen (secondary N) is 2. The molecule has 0 aliphatic rings. The molecule has 40 heavy (non-hydrogen) atoms. The Bertz CT molecular complexity index is 1680. The number of rotatable bonds is 10. The molecule has 0 atom stereocenters. The molecule has 2 amide bonds. The molecule has 13 heteroatoms. The van der Waals surface area contributed by atoms with Crippen LogP contribution in [0.15, 0.2) is 65.8 Å².